The van der Waals surface area contributed by atoms with E-state index in [9.17, 15) is 19.7 Å². The quantitative estimate of drug-likeness (QED) is 0.283. The third-order valence-corrected chi connectivity index (χ3v) is 5.77. The first-order valence-corrected chi connectivity index (χ1v) is 11.1. The van der Waals surface area contributed by atoms with Crippen molar-refractivity contribution < 1.29 is 24.0 Å². The Hall–Kier alpha value is -3.33. The van der Waals surface area contributed by atoms with Gasteiger partial charge in [-0.3, -0.25) is 24.6 Å². The molecule has 0 bridgehead atoms. The number of benzene rings is 2. The maximum Gasteiger partial charge on any atom is 0.293 e. The molecule has 9 heteroatoms. The number of carbonyl (C=O) groups excluding carboxylic acids is 2. The van der Waals surface area contributed by atoms with E-state index in [0.717, 1.165) is 23.1 Å². The summed E-state index contributed by atoms with van der Waals surface area (Å²) in [5.74, 6) is 0.680. The molecule has 2 amide bonds. The van der Waals surface area contributed by atoms with Gasteiger partial charge < -0.3 is 9.47 Å². The van der Waals surface area contributed by atoms with Crippen LogP contribution in [-0.2, 0) is 11.3 Å². The van der Waals surface area contributed by atoms with Crippen molar-refractivity contribution in [2.45, 2.75) is 39.8 Å². The third-order valence-electron chi connectivity index (χ3n) is 4.86. The molecule has 1 atom stereocenters. The van der Waals surface area contributed by atoms with Crippen LogP contribution in [0.25, 0.3) is 6.08 Å². The number of amides is 2. The van der Waals surface area contributed by atoms with Gasteiger partial charge in [-0.1, -0.05) is 31.2 Å². The maximum absolute atomic E-state index is 12.9. The zero-order valence-electron chi connectivity index (χ0n) is 18.1. The summed E-state index contributed by atoms with van der Waals surface area (Å²) >= 11 is 0.804. The predicted octanol–water partition coefficient (Wildman–Crippen LogP) is 5.41. The number of para-hydroxylation sites is 1. The van der Waals surface area contributed by atoms with Crippen molar-refractivity contribution in [3.05, 3.63) is 68.6 Å². The van der Waals surface area contributed by atoms with Gasteiger partial charge in [-0.25, -0.2) is 0 Å². The molecule has 1 aliphatic rings. The highest BCUT2D eigenvalue weighted by Crippen LogP contribution is 2.36. The minimum absolute atomic E-state index is 0.0265. The normalized spacial score (nSPS) is 15.8. The summed E-state index contributed by atoms with van der Waals surface area (Å²) in [4.78, 5) is 37.3. The Kier molecular flexibility index (Phi) is 7.53. The molecule has 2 aromatic carbocycles. The van der Waals surface area contributed by atoms with Gasteiger partial charge in [0.15, 0.2) is 11.5 Å². The number of hydrogen-bond acceptors (Lipinski definition) is 7. The number of nitro benzene ring substituents is 1. The van der Waals surface area contributed by atoms with Crippen molar-refractivity contribution in [1.29, 1.82) is 0 Å². The van der Waals surface area contributed by atoms with E-state index >= 15 is 0 Å². The second kappa shape index (κ2) is 10.3. The van der Waals surface area contributed by atoms with Crippen molar-refractivity contribution in [3.63, 3.8) is 0 Å². The summed E-state index contributed by atoms with van der Waals surface area (Å²) in [6.07, 6.45) is 2.48. The highest BCUT2D eigenvalue weighted by atomic mass is 32.2. The number of nitrogens with zero attached hydrogens (tertiary/aromatic N) is 2. The average Bonchev–Trinajstić information content (AvgIpc) is 3.03. The topological polar surface area (TPSA) is 99.0 Å². The van der Waals surface area contributed by atoms with E-state index in [1.807, 2.05) is 20.8 Å². The Balaban J connectivity index is 1.84. The van der Waals surface area contributed by atoms with Gasteiger partial charge in [-0.2, -0.15) is 0 Å². The number of carbonyl (C=O) groups is 2. The van der Waals surface area contributed by atoms with Gasteiger partial charge in [0, 0.05) is 11.6 Å². The summed E-state index contributed by atoms with van der Waals surface area (Å²) in [5, 5.41) is 10.8. The zero-order valence-corrected chi connectivity index (χ0v) is 18.9. The van der Waals surface area contributed by atoms with Gasteiger partial charge in [0.25, 0.3) is 16.8 Å². The molecule has 3 rings (SSSR count). The van der Waals surface area contributed by atoms with E-state index in [1.54, 1.807) is 36.4 Å². The Morgan fingerprint density at radius 2 is 1.91 bits per heavy atom. The van der Waals surface area contributed by atoms with Crippen molar-refractivity contribution in [2.75, 3.05) is 6.61 Å². The molecule has 2 aromatic rings. The summed E-state index contributed by atoms with van der Waals surface area (Å²) in [7, 11) is 0. The average molecular weight is 457 g/mol. The fraction of sp³-hybridized carbons (Fsp3) is 0.304. The van der Waals surface area contributed by atoms with Crippen LogP contribution in [0.3, 0.4) is 0 Å². The molecule has 1 saturated heterocycles. The highest BCUT2D eigenvalue weighted by Gasteiger charge is 2.36. The molecule has 0 spiro atoms. The second-order valence-corrected chi connectivity index (χ2v) is 8.12. The van der Waals surface area contributed by atoms with Crippen molar-refractivity contribution in [3.8, 4) is 11.5 Å². The van der Waals surface area contributed by atoms with Gasteiger partial charge >= 0.3 is 0 Å². The monoisotopic (exact) mass is 456 g/mol. The van der Waals surface area contributed by atoms with Crippen LogP contribution >= 0.6 is 11.8 Å². The van der Waals surface area contributed by atoms with E-state index in [1.165, 1.54) is 12.1 Å². The zero-order chi connectivity index (χ0) is 23.3. The minimum atomic E-state index is -0.525. The Labute approximate surface area is 190 Å². The lowest BCUT2D eigenvalue weighted by Gasteiger charge is -2.16. The van der Waals surface area contributed by atoms with Gasteiger partial charge in [0.1, 0.15) is 0 Å². The van der Waals surface area contributed by atoms with Gasteiger partial charge in [-0.05, 0) is 55.8 Å². The fourth-order valence-corrected chi connectivity index (χ4v) is 3.90. The maximum atomic E-state index is 12.9. The molecule has 0 radical (unpaired) electrons. The Morgan fingerprint density at radius 3 is 2.59 bits per heavy atom. The van der Waals surface area contributed by atoms with Crippen LogP contribution in [0.4, 0.5) is 10.5 Å². The number of hydrogen-bond donors (Lipinski definition) is 0. The molecule has 32 heavy (non-hydrogen) atoms. The van der Waals surface area contributed by atoms with Crippen LogP contribution in [0.15, 0.2) is 47.4 Å². The van der Waals surface area contributed by atoms with Crippen LogP contribution in [-0.4, -0.2) is 33.7 Å². The van der Waals surface area contributed by atoms with Gasteiger partial charge in [0.2, 0.25) is 0 Å². The largest absolute Gasteiger partial charge is 0.490 e. The lowest BCUT2D eigenvalue weighted by molar-refractivity contribution is -0.385. The molecular weight excluding hydrogens is 432 g/mol. The van der Waals surface area contributed by atoms with Crippen molar-refractivity contribution in [2.24, 2.45) is 0 Å². The third kappa shape index (κ3) is 5.28. The molecule has 1 fully saturated rings. The first kappa shape index (κ1) is 23.3. The Bertz CT molecular complexity index is 1070. The molecule has 0 unspecified atom stereocenters. The SMILES string of the molecule is CCOc1cc(/C=C2/SC(=O)N(Cc3ccccc3[N+](=O)[O-])C2=O)ccc1O[C@H](C)CC. The number of thioether (sulfide) groups is 1. The molecule has 1 heterocycles. The minimum Gasteiger partial charge on any atom is -0.490 e. The summed E-state index contributed by atoms with van der Waals surface area (Å²) in [6.45, 7) is 6.15. The molecule has 168 valence electrons. The molecule has 0 N–H and O–H groups in total. The second-order valence-electron chi connectivity index (χ2n) is 7.13. The smallest absolute Gasteiger partial charge is 0.293 e. The van der Waals surface area contributed by atoms with Crippen LogP contribution in [0.5, 0.6) is 11.5 Å². The molecule has 0 saturated carbocycles. The van der Waals surface area contributed by atoms with Crippen molar-refractivity contribution >= 4 is 34.7 Å². The lowest BCUT2D eigenvalue weighted by atomic mass is 10.1. The Morgan fingerprint density at radius 1 is 1.16 bits per heavy atom. The van der Waals surface area contributed by atoms with E-state index in [-0.39, 0.29) is 23.2 Å². The van der Waals surface area contributed by atoms with Gasteiger partial charge in [0.05, 0.1) is 29.1 Å². The summed E-state index contributed by atoms with van der Waals surface area (Å²) in [5.41, 5.74) is 0.848. The van der Waals surface area contributed by atoms with E-state index in [2.05, 4.69) is 0 Å². The van der Waals surface area contributed by atoms with Crippen LogP contribution < -0.4 is 9.47 Å². The van der Waals surface area contributed by atoms with Crippen molar-refractivity contribution in [1.82, 2.24) is 4.90 Å². The molecule has 1 aliphatic heterocycles. The summed E-state index contributed by atoms with van der Waals surface area (Å²) in [6, 6.07) is 11.4. The molecular formula is C23H24N2O6S. The van der Waals surface area contributed by atoms with E-state index < -0.39 is 16.1 Å². The van der Waals surface area contributed by atoms with E-state index in [4.69, 9.17) is 9.47 Å². The first-order valence-electron chi connectivity index (χ1n) is 10.2. The molecule has 0 aliphatic carbocycles. The number of nitro groups is 1. The lowest BCUT2D eigenvalue weighted by Crippen LogP contribution is -2.27. The molecule has 8 nitrogen and oxygen atoms in total. The summed E-state index contributed by atoms with van der Waals surface area (Å²) < 4.78 is 11.6. The number of imide groups is 1. The van der Waals surface area contributed by atoms with Crippen LogP contribution in [0.1, 0.15) is 38.3 Å². The number of ether oxygens (including phenoxy) is 2. The molecule has 0 aromatic heterocycles. The van der Waals surface area contributed by atoms with Crippen LogP contribution in [0.2, 0.25) is 0 Å². The first-order chi connectivity index (χ1) is 15.3. The van der Waals surface area contributed by atoms with Gasteiger partial charge in [-0.15, -0.1) is 0 Å². The van der Waals surface area contributed by atoms with Crippen LogP contribution in [0, 0.1) is 10.1 Å². The predicted molar refractivity (Wildman–Crippen MR) is 123 cm³/mol. The standard InChI is InChI=1S/C23H24N2O6S/c1-4-15(3)31-19-11-10-16(12-20(19)30-5-2)13-21-22(26)24(23(27)32-21)14-17-8-6-7-9-18(17)25(28)29/h6-13,15H,4-5,14H2,1-3H3/b21-13+/t15-/m1/s1. The fourth-order valence-electron chi connectivity index (χ4n) is 3.06. The number of rotatable bonds is 9. The van der Waals surface area contributed by atoms with E-state index in [0.29, 0.717) is 29.2 Å². The highest BCUT2D eigenvalue weighted by molar-refractivity contribution is 8.18.